The predicted octanol–water partition coefficient (Wildman–Crippen LogP) is 2.86. The van der Waals surface area contributed by atoms with Crippen LogP contribution in [-0.4, -0.2) is 25.7 Å². The van der Waals surface area contributed by atoms with Gasteiger partial charge in [-0.15, -0.1) is 0 Å². The summed E-state index contributed by atoms with van der Waals surface area (Å²) in [6.07, 6.45) is 0. The molecule has 96 valence electrons. The van der Waals surface area contributed by atoms with Crippen LogP contribution in [0.1, 0.15) is 11.7 Å². The molecule has 0 aliphatic rings. The molecule has 0 aliphatic carbocycles. The number of rotatable bonds is 2. The molecule has 1 heterocycles. The normalized spacial score (nSPS) is 11.8. The maximum absolute atomic E-state index is 11.9. The molecule has 2 rings (SSSR count). The molecule has 4 heteroatoms. The molecular weight excluding hydrogens is 242 g/mol. The molecule has 0 saturated heterocycles. The molecule has 0 spiro atoms. The van der Waals surface area contributed by atoms with Gasteiger partial charge in [-0.2, -0.15) is 0 Å². The van der Waals surface area contributed by atoms with Crippen molar-refractivity contribution in [1.29, 1.82) is 0 Å². The molecule has 2 aromatic rings. The maximum Gasteiger partial charge on any atom is 0.227 e. The first-order valence-corrected chi connectivity index (χ1v) is 9.55. The van der Waals surface area contributed by atoms with E-state index < -0.39 is 8.07 Å². The summed E-state index contributed by atoms with van der Waals surface area (Å²) >= 11 is 0. The number of hydrogen-bond acceptors (Lipinski definition) is 2. The Hall–Kier alpha value is -1.55. The van der Waals surface area contributed by atoms with Crippen molar-refractivity contribution >= 4 is 30.2 Å². The van der Waals surface area contributed by atoms with Gasteiger partial charge in [-0.3, -0.25) is 9.36 Å². The van der Waals surface area contributed by atoms with E-state index in [0.717, 1.165) is 16.7 Å². The fraction of sp³-hybridized carbons (Fsp3) is 0.357. The molecule has 0 aliphatic heterocycles. The quantitative estimate of drug-likeness (QED) is 0.778. The van der Waals surface area contributed by atoms with Crippen LogP contribution in [0, 0.1) is 0 Å². The Labute approximate surface area is 108 Å². The minimum absolute atomic E-state index is 0.0654. The van der Waals surface area contributed by atoms with Gasteiger partial charge in [0.1, 0.15) is 5.75 Å². The van der Waals surface area contributed by atoms with E-state index in [1.807, 2.05) is 22.8 Å². The van der Waals surface area contributed by atoms with Gasteiger partial charge in [0.05, 0.1) is 20.7 Å². The first-order valence-electron chi connectivity index (χ1n) is 6.05. The highest BCUT2D eigenvalue weighted by atomic mass is 28.3. The van der Waals surface area contributed by atoms with E-state index in [2.05, 4.69) is 25.7 Å². The smallest absolute Gasteiger partial charge is 0.227 e. The molecule has 0 saturated carbocycles. The summed E-state index contributed by atoms with van der Waals surface area (Å²) in [5, 5.41) is 2.27. The summed E-state index contributed by atoms with van der Waals surface area (Å²) < 4.78 is 7.08. The van der Waals surface area contributed by atoms with Gasteiger partial charge in [-0.05, 0) is 18.2 Å². The third-order valence-corrected chi connectivity index (χ3v) is 5.00. The molecule has 0 bridgehead atoms. The Kier molecular flexibility index (Phi) is 3.07. The van der Waals surface area contributed by atoms with Crippen LogP contribution in [0.25, 0.3) is 10.9 Å². The molecule has 0 amide bonds. The molecule has 0 atom stereocenters. The highest BCUT2D eigenvalue weighted by Gasteiger charge is 2.24. The van der Waals surface area contributed by atoms with Gasteiger partial charge in [0.2, 0.25) is 5.91 Å². The molecule has 0 radical (unpaired) electrons. The lowest BCUT2D eigenvalue weighted by Crippen LogP contribution is -2.44. The van der Waals surface area contributed by atoms with E-state index in [-0.39, 0.29) is 5.91 Å². The second-order valence-electron chi connectivity index (χ2n) is 5.56. The standard InChI is InChI=1S/C14H19NO2Si/c1-10(16)15-13-9-12(17-2)7-6-11(13)8-14(15)18(3,4)5/h6-9H,1-5H3. The van der Waals surface area contributed by atoms with E-state index in [0.29, 0.717) is 0 Å². The van der Waals surface area contributed by atoms with Crippen LogP contribution in [0.3, 0.4) is 0 Å². The summed E-state index contributed by atoms with van der Waals surface area (Å²) in [5.74, 6) is 0.848. The third kappa shape index (κ3) is 2.08. The average Bonchev–Trinajstić information content (AvgIpc) is 2.66. The zero-order chi connectivity index (χ0) is 13.5. The Bertz CT molecular complexity index is 608. The minimum atomic E-state index is -1.55. The summed E-state index contributed by atoms with van der Waals surface area (Å²) in [7, 11) is 0.0905. The zero-order valence-corrected chi connectivity index (χ0v) is 12.6. The van der Waals surface area contributed by atoms with Crippen LogP contribution in [0.15, 0.2) is 24.3 Å². The Balaban J connectivity index is 2.81. The number of benzene rings is 1. The highest BCUT2D eigenvalue weighted by Crippen LogP contribution is 2.22. The first kappa shape index (κ1) is 12.9. The van der Waals surface area contributed by atoms with Crippen molar-refractivity contribution in [2.24, 2.45) is 0 Å². The van der Waals surface area contributed by atoms with Gasteiger partial charge >= 0.3 is 0 Å². The largest absolute Gasteiger partial charge is 0.497 e. The summed E-state index contributed by atoms with van der Waals surface area (Å²) in [4.78, 5) is 11.9. The monoisotopic (exact) mass is 261 g/mol. The van der Waals surface area contributed by atoms with Gasteiger partial charge in [0, 0.05) is 23.7 Å². The second kappa shape index (κ2) is 4.28. The van der Waals surface area contributed by atoms with Crippen LogP contribution in [0.2, 0.25) is 19.6 Å². The van der Waals surface area contributed by atoms with Crippen molar-refractivity contribution in [2.75, 3.05) is 7.11 Å². The summed E-state index contributed by atoms with van der Waals surface area (Å²) in [6.45, 7) is 8.36. The average molecular weight is 261 g/mol. The van der Waals surface area contributed by atoms with E-state index in [4.69, 9.17) is 4.74 Å². The van der Waals surface area contributed by atoms with Crippen molar-refractivity contribution in [2.45, 2.75) is 26.6 Å². The van der Waals surface area contributed by atoms with Gasteiger partial charge in [-0.25, -0.2) is 0 Å². The number of fused-ring (bicyclic) bond motifs is 1. The number of carbonyl (C=O) groups excluding carboxylic acids is 1. The zero-order valence-electron chi connectivity index (χ0n) is 11.6. The summed E-state index contributed by atoms with van der Waals surface area (Å²) in [6, 6.07) is 8.01. The SMILES string of the molecule is COc1ccc2cc([Si](C)(C)C)n(C(C)=O)c2c1. The van der Waals surface area contributed by atoms with Crippen molar-refractivity contribution in [1.82, 2.24) is 4.57 Å². The Morgan fingerprint density at radius 1 is 1.22 bits per heavy atom. The minimum Gasteiger partial charge on any atom is -0.497 e. The van der Waals surface area contributed by atoms with Crippen LogP contribution >= 0.6 is 0 Å². The van der Waals surface area contributed by atoms with Crippen molar-refractivity contribution < 1.29 is 9.53 Å². The number of aromatic nitrogens is 1. The molecule has 18 heavy (non-hydrogen) atoms. The van der Waals surface area contributed by atoms with Gasteiger partial charge in [0.15, 0.2) is 0 Å². The second-order valence-corrected chi connectivity index (χ2v) is 10.6. The van der Waals surface area contributed by atoms with Gasteiger partial charge in [-0.1, -0.05) is 19.6 Å². The molecule has 1 aromatic heterocycles. The predicted molar refractivity (Wildman–Crippen MR) is 77.8 cm³/mol. The van der Waals surface area contributed by atoms with E-state index in [9.17, 15) is 4.79 Å². The number of methoxy groups -OCH3 is 1. The van der Waals surface area contributed by atoms with Crippen molar-refractivity contribution in [3.63, 3.8) is 0 Å². The van der Waals surface area contributed by atoms with Crippen LogP contribution in [0.4, 0.5) is 0 Å². The Morgan fingerprint density at radius 3 is 2.39 bits per heavy atom. The third-order valence-electron chi connectivity index (χ3n) is 3.09. The molecule has 0 N–H and O–H groups in total. The van der Waals surface area contributed by atoms with Crippen LogP contribution in [0.5, 0.6) is 5.75 Å². The number of carbonyl (C=O) groups is 1. The molecule has 1 aromatic carbocycles. The number of ether oxygens (including phenoxy) is 1. The van der Waals surface area contributed by atoms with E-state index in [1.54, 1.807) is 14.0 Å². The van der Waals surface area contributed by atoms with Gasteiger partial charge < -0.3 is 4.74 Å². The first-order chi connectivity index (χ1) is 8.34. The molecular formula is C14H19NO2Si. The van der Waals surface area contributed by atoms with Crippen molar-refractivity contribution in [3.05, 3.63) is 24.3 Å². The maximum atomic E-state index is 11.9. The van der Waals surface area contributed by atoms with Crippen LogP contribution in [-0.2, 0) is 0 Å². The van der Waals surface area contributed by atoms with Crippen LogP contribution < -0.4 is 10.1 Å². The lowest BCUT2D eigenvalue weighted by molar-refractivity contribution is 0.0944. The van der Waals surface area contributed by atoms with Gasteiger partial charge in [0.25, 0.3) is 0 Å². The number of nitrogens with zero attached hydrogens (tertiary/aromatic N) is 1. The highest BCUT2D eigenvalue weighted by molar-refractivity contribution is 6.88. The van der Waals surface area contributed by atoms with E-state index >= 15 is 0 Å². The lowest BCUT2D eigenvalue weighted by Gasteiger charge is -2.18. The summed E-state index contributed by atoms with van der Waals surface area (Å²) in [5.41, 5.74) is 0.944. The molecule has 3 nitrogen and oxygen atoms in total. The fourth-order valence-corrected chi connectivity index (χ4v) is 3.74. The molecule has 0 unspecified atom stereocenters. The van der Waals surface area contributed by atoms with Crippen molar-refractivity contribution in [3.8, 4) is 5.75 Å². The Morgan fingerprint density at radius 2 is 1.89 bits per heavy atom. The topological polar surface area (TPSA) is 31.2 Å². The molecule has 0 fully saturated rings. The lowest BCUT2D eigenvalue weighted by atomic mass is 10.2. The fourth-order valence-electron chi connectivity index (χ4n) is 2.20. The number of hydrogen-bond donors (Lipinski definition) is 0. The van der Waals surface area contributed by atoms with E-state index in [1.165, 1.54) is 5.32 Å².